The zero-order valence-corrected chi connectivity index (χ0v) is 11.9. The minimum Gasteiger partial charge on any atom is -0.490 e. The van der Waals surface area contributed by atoms with Crippen LogP contribution in [0.1, 0.15) is 32.3 Å². The van der Waals surface area contributed by atoms with E-state index in [9.17, 15) is 4.79 Å². The van der Waals surface area contributed by atoms with Gasteiger partial charge in [-0.05, 0) is 44.4 Å². The smallest absolute Gasteiger partial charge is 0.305 e. The Hall–Kier alpha value is -1.71. The van der Waals surface area contributed by atoms with Gasteiger partial charge in [0.25, 0.3) is 0 Å². The summed E-state index contributed by atoms with van der Waals surface area (Å²) in [7, 11) is 1.41. The number of methoxy groups -OCH3 is 1. The Balaban J connectivity index is 2.63. The van der Waals surface area contributed by atoms with Gasteiger partial charge in [-0.25, -0.2) is 0 Å². The zero-order chi connectivity index (χ0) is 14.1. The highest BCUT2D eigenvalue weighted by Crippen LogP contribution is 2.29. The van der Waals surface area contributed by atoms with E-state index < -0.39 is 0 Å². The van der Waals surface area contributed by atoms with Crippen LogP contribution in [-0.4, -0.2) is 26.3 Å². The van der Waals surface area contributed by atoms with E-state index in [4.69, 9.17) is 9.47 Å². The summed E-state index contributed by atoms with van der Waals surface area (Å²) in [5, 5.41) is 0. The molecule has 0 saturated heterocycles. The molecular weight excluding hydrogens is 244 g/mol. The molecule has 0 N–H and O–H groups in total. The Morgan fingerprint density at radius 3 is 2.42 bits per heavy atom. The van der Waals surface area contributed by atoms with Crippen molar-refractivity contribution in [1.82, 2.24) is 0 Å². The normalized spacial score (nSPS) is 10.1. The molecule has 0 radical (unpaired) electrons. The summed E-state index contributed by atoms with van der Waals surface area (Å²) in [6, 6.07) is 5.90. The third-order valence-electron chi connectivity index (χ3n) is 2.68. The van der Waals surface area contributed by atoms with Gasteiger partial charge >= 0.3 is 5.97 Å². The number of rotatable bonds is 8. The van der Waals surface area contributed by atoms with Gasteiger partial charge in [0.05, 0.1) is 20.3 Å². The molecule has 0 aromatic heterocycles. The standard InChI is InChI=1S/C15H22O4/c1-4-18-13-10-9-12(11-14(13)19-5-2)7-6-8-15(16)17-3/h9-11H,4-8H2,1-3H3. The van der Waals surface area contributed by atoms with Crippen LogP contribution in [0, 0.1) is 0 Å². The van der Waals surface area contributed by atoms with E-state index in [0.717, 1.165) is 29.9 Å². The molecule has 0 heterocycles. The van der Waals surface area contributed by atoms with E-state index in [0.29, 0.717) is 19.6 Å². The third kappa shape index (κ3) is 5.20. The van der Waals surface area contributed by atoms with Crippen LogP contribution in [0.5, 0.6) is 11.5 Å². The van der Waals surface area contributed by atoms with Crippen molar-refractivity contribution in [1.29, 1.82) is 0 Å². The van der Waals surface area contributed by atoms with E-state index in [-0.39, 0.29) is 5.97 Å². The first kappa shape index (κ1) is 15.3. The highest BCUT2D eigenvalue weighted by molar-refractivity contribution is 5.69. The molecule has 0 spiro atoms. The second kappa shape index (κ2) is 8.40. The number of hydrogen-bond acceptors (Lipinski definition) is 4. The van der Waals surface area contributed by atoms with Gasteiger partial charge in [-0.1, -0.05) is 6.07 Å². The molecule has 0 bridgehead atoms. The lowest BCUT2D eigenvalue weighted by Crippen LogP contribution is -2.02. The van der Waals surface area contributed by atoms with Crippen LogP contribution in [0.4, 0.5) is 0 Å². The Morgan fingerprint density at radius 1 is 1.11 bits per heavy atom. The molecule has 4 heteroatoms. The fraction of sp³-hybridized carbons (Fsp3) is 0.533. The molecule has 1 rings (SSSR count). The first-order valence-corrected chi connectivity index (χ1v) is 6.66. The maximum Gasteiger partial charge on any atom is 0.305 e. The molecule has 0 unspecified atom stereocenters. The SMILES string of the molecule is CCOc1ccc(CCCC(=O)OC)cc1OCC. The van der Waals surface area contributed by atoms with Crippen molar-refractivity contribution in [3.8, 4) is 11.5 Å². The molecule has 0 amide bonds. The predicted octanol–water partition coefficient (Wildman–Crippen LogP) is 2.98. The van der Waals surface area contributed by atoms with Gasteiger partial charge in [0.1, 0.15) is 0 Å². The zero-order valence-electron chi connectivity index (χ0n) is 11.9. The van der Waals surface area contributed by atoms with Crippen LogP contribution < -0.4 is 9.47 Å². The number of esters is 1. The molecular formula is C15H22O4. The number of hydrogen-bond donors (Lipinski definition) is 0. The van der Waals surface area contributed by atoms with Crippen LogP contribution in [0.15, 0.2) is 18.2 Å². The quantitative estimate of drug-likeness (QED) is 0.679. The van der Waals surface area contributed by atoms with Crippen molar-refractivity contribution in [2.24, 2.45) is 0 Å². The third-order valence-corrected chi connectivity index (χ3v) is 2.68. The monoisotopic (exact) mass is 266 g/mol. The van der Waals surface area contributed by atoms with E-state index >= 15 is 0 Å². The Bertz CT molecular complexity index is 401. The Kier molecular flexibility index (Phi) is 6.79. The minimum absolute atomic E-state index is 0.170. The Morgan fingerprint density at radius 2 is 1.79 bits per heavy atom. The minimum atomic E-state index is -0.170. The fourth-order valence-electron chi connectivity index (χ4n) is 1.79. The molecule has 0 aliphatic rings. The van der Waals surface area contributed by atoms with E-state index in [2.05, 4.69) is 4.74 Å². The largest absolute Gasteiger partial charge is 0.490 e. The summed E-state index contributed by atoms with van der Waals surface area (Å²) < 4.78 is 15.7. The molecule has 106 valence electrons. The second-order valence-corrected chi connectivity index (χ2v) is 4.08. The first-order chi connectivity index (χ1) is 9.21. The van der Waals surface area contributed by atoms with Crippen LogP contribution in [0.3, 0.4) is 0 Å². The summed E-state index contributed by atoms with van der Waals surface area (Å²) >= 11 is 0. The number of aryl methyl sites for hydroxylation is 1. The van der Waals surface area contributed by atoms with Gasteiger partial charge in [0, 0.05) is 6.42 Å². The van der Waals surface area contributed by atoms with Crippen molar-refractivity contribution < 1.29 is 19.0 Å². The molecule has 0 atom stereocenters. The van der Waals surface area contributed by atoms with Crippen LogP contribution >= 0.6 is 0 Å². The van der Waals surface area contributed by atoms with E-state index in [1.54, 1.807) is 0 Å². The molecule has 0 saturated carbocycles. The van der Waals surface area contributed by atoms with Crippen LogP contribution in [0.25, 0.3) is 0 Å². The number of carbonyl (C=O) groups excluding carboxylic acids is 1. The van der Waals surface area contributed by atoms with Crippen LogP contribution in [0.2, 0.25) is 0 Å². The average Bonchev–Trinajstić information content (AvgIpc) is 2.42. The lowest BCUT2D eigenvalue weighted by molar-refractivity contribution is -0.140. The van der Waals surface area contributed by atoms with Gasteiger partial charge in [0.2, 0.25) is 0 Å². The van der Waals surface area contributed by atoms with Gasteiger partial charge < -0.3 is 14.2 Å². The van der Waals surface area contributed by atoms with Crippen molar-refractivity contribution >= 4 is 5.97 Å². The average molecular weight is 266 g/mol. The predicted molar refractivity (Wildman–Crippen MR) is 73.7 cm³/mol. The number of ether oxygens (including phenoxy) is 3. The van der Waals surface area contributed by atoms with Gasteiger partial charge in [0.15, 0.2) is 11.5 Å². The van der Waals surface area contributed by atoms with Crippen molar-refractivity contribution in [3.05, 3.63) is 23.8 Å². The lowest BCUT2D eigenvalue weighted by Gasteiger charge is -2.12. The summed E-state index contributed by atoms with van der Waals surface area (Å²) in [5.41, 5.74) is 1.14. The van der Waals surface area contributed by atoms with Crippen molar-refractivity contribution in [2.45, 2.75) is 33.1 Å². The van der Waals surface area contributed by atoms with E-state index in [1.807, 2.05) is 32.0 Å². The maximum absolute atomic E-state index is 11.0. The highest BCUT2D eigenvalue weighted by Gasteiger charge is 2.07. The van der Waals surface area contributed by atoms with Gasteiger partial charge in [-0.3, -0.25) is 4.79 Å². The summed E-state index contributed by atoms with van der Waals surface area (Å²) in [5.74, 6) is 1.36. The van der Waals surface area contributed by atoms with Crippen molar-refractivity contribution in [2.75, 3.05) is 20.3 Å². The fourth-order valence-corrected chi connectivity index (χ4v) is 1.79. The lowest BCUT2D eigenvalue weighted by atomic mass is 10.1. The highest BCUT2D eigenvalue weighted by atomic mass is 16.5. The van der Waals surface area contributed by atoms with E-state index in [1.165, 1.54) is 7.11 Å². The molecule has 0 aliphatic carbocycles. The number of benzene rings is 1. The first-order valence-electron chi connectivity index (χ1n) is 6.66. The molecule has 0 fully saturated rings. The summed E-state index contributed by atoms with van der Waals surface area (Å²) in [6.07, 6.45) is 2.03. The molecule has 1 aromatic rings. The van der Waals surface area contributed by atoms with Crippen molar-refractivity contribution in [3.63, 3.8) is 0 Å². The maximum atomic E-state index is 11.0. The molecule has 19 heavy (non-hydrogen) atoms. The topological polar surface area (TPSA) is 44.8 Å². The summed E-state index contributed by atoms with van der Waals surface area (Å²) in [4.78, 5) is 11.0. The molecule has 4 nitrogen and oxygen atoms in total. The Labute approximate surface area is 114 Å². The number of carbonyl (C=O) groups is 1. The summed E-state index contributed by atoms with van der Waals surface area (Å²) in [6.45, 7) is 5.10. The van der Waals surface area contributed by atoms with Gasteiger partial charge in [-0.2, -0.15) is 0 Å². The second-order valence-electron chi connectivity index (χ2n) is 4.08. The van der Waals surface area contributed by atoms with Crippen LogP contribution in [-0.2, 0) is 16.0 Å². The van der Waals surface area contributed by atoms with Gasteiger partial charge in [-0.15, -0.1) is 0 Å². The molecule has 0 aliphatic heterocycles. The molecule has 1 aromatic carbocycles.